The van der Waals surface area contributed by atoms with E-state index in [4.69, 9.17) is 4.74 Å². The molecule has 0 amide bonds. The van der Waals surface area contributed by atoms with Crippen molar-refractivity contribution in [2.45, 2.75) is 13.5 Å². The van der Waals surface area contributed by atoms with Crippen molar-refractivity contribution < 1.29 is 9.13 Å². The Kier molecular flexibility index (Phi) is 3.84. The summed E-state index contributed by atoms with van der Waals surface area (Å²) in [5, 5.41) is 2.95. The average molecular weight is 247 g/mol. The van der Waals surface area contributed by atoms with Crippen molar-refractivity contribution in [2.24, 2.45) is 0 Å². The Labute approximate surface area is 105 Å². The number of ether oxygens (including phenoxy) is 1. The van der Waals surface area contributed by atoms with Crippen molar-refractivity contribution >= 4 is 0 Å². The molecule has 0 saturated carbocycles. The monoisotopic (exact) mass is 247 g/mol. The lowest BCUT2D eigenvalue weighted by Gasteiger charge is -2.10. The number of pyridine rings is 2. The van der Waals surface area contributed by atoms with E-state index in [1.54, 1.807) is 25.4 Å². The van der Waals surface area contributed by atoms with Gasteiger partial charge in [0.15, 0.2) is 5.75 Å². The first kappa shape index (κ1) is 12.4. The Bertz CT molecular complexity index is 546. The molecular weight excluding hydrogens is 233 g/mol. The van der Waals surface area contributed by atoms with Crippen LogP contribution in [0.1, 0.15) is 11.3 Å². The predicted molar refractivity (Wildman–Crippen MR) is 66.0 cm³/mol. The number of halogens is 1. The maximum atomic E-state index is 13.1. The van der Waals surface area contributed by atoms with Gasteiger partial charge in [0.05, 0.1) is 11.9 Å². The molecule has 5 heteroatoms. The Morgan fingerprint density at radius 3 is 2.94 bits per heavy atom. The van der Waals surface area contributed by atoms with Crippen molar-refractivity contribution in [1.29, 1.82) is 0 Å². The summed E-state index contributed by atoms with van der Waals surface area (Å²) in [7, 11) is 1.78. The van der Waals surface area contributed by atoms with Crippen LogP contribution in [0.25, 0.3) is 0 Å². The van der Waals surface area contributed by atoms with Crippen LogP contribution < -0.4 is 10.1 Å². The van der Waals surface area contributed by atoms with Crippen LogP contribution in [0.2, 0.25) is 0 Å². The Morgan fingerprint density at radius 1 is 1.39 bits per heavy atom. The quantitative estimate of drug-likeness (QED) is 0.901. The highest BCUT2D eigenvalue weighted by molar-refractivity contribution is 5.34. The fourth-order valence-electron chi connectivity index (χ4n) is 1.56. The summed E-state index contributed by atoms with van der Waals surface area (Å²) in [5.41, 5.74) is 1.43. The molecule has 0 bridgehead atoms. The SMILES string of the molecule is CNCc1cc(F)cnc1Oc1cccnc1C. The van der Waals surface area contributed by atoms with Crippen molar-refractivity contribution in [2.75, 3.05) is 7.05 Å². The van der Waals surface area contributed by atoms with E-state index < -0.39 is 0 Å². The average Bonchev–Trinajstić information content (AvgIpc) is 2.35. The van der Waals surface area contributed by atoms with E-state index >= 15 is 0 Å². The normalized spacial score (nSPS) is 10.4. The molecule has 4 nitrogen and oxygen atoms in total. The minimum Gasteiger partial charge on any atom is -0.437 e. The second kappa shape index (κ2) is 5.55. The van der Waals surface area contributed by atoms with Crippen molar-refractivity contribution in [3.8, 4) is 11.6 Å². The van der Waals surface area contributed by atoms with E-state index in [0.29, 0.717) is 23.7 Å². The lowest BCUT2D eigenvalue weighted by Crippen LogP contribution is -2.08. The van der Waals surface area contributed by atoms with Crippen LogP contribution in [0.15, 0.2) is 30.6 Å². The Hall–Kier alpha value is -2.01. The van der Waals surface area contributed by atoms with Crippen LogP contribution >= 0.6 is 0 Å². The largest absolute Gasteiger partial charge is 0.437 e. The third-order valence-corrected chi connectivity index (χ3v) is 2.42. The Morgan fingerprint density at radius 2 is 2.22 bits per heavy atom. The van der Waals surface area contributed by atoms with Gasteiger partial charge in [-0.05, 0) is 32.2 Å². The molecule has 2 rings (SSSR count). The van der Waals surface area contributed by atoms with E-state index in [0.717, 1.165) is 11.9 Å². The highest BCUT2D eigenvalue weighted by Gasteiger charge is 2.09. The van der Waals surface area contributed by atoms with Gasteiger partial charge in [0.25, 0.3) is 0 Å². The van der Waals surface area contributed by atoms with Crippen LogP contribution in [0.3, 0.4) is 0 Å². The number of aryl methyl sites for hydroxylation is 1. The number of hydrogen-bond donors (Lipinski definition) is 1. The second-order valence-electron chi connectivity index (χ2n) is 3.84. The molecular formula is C13H14FN3O. The van der Waals surface area contributed by atoms with E-state index in [1.165, 1.54) is 6.07 Å². The molecule has 0 unspecified atom stereocenters. The summed E-state index contributed by atoms with van der Waals surface area (Å²) in [6, 6.07) is 4.99. The van der Waals surface area contributed by atoms with Crippen LogP contribution in [0.4, 0.5) is 4.39 Å². The van der Waals surface area contributed by atoms with Gasteiger partial charge in [-0.2, -0.15) is 0 Å². The lowest BCUT2D eigenvalue weighted by molar-refractivity contribution is 0.444. The van der Waals surface area contributed by atoms with Crippen molar-refractivity contribution in [3.63, 3.8) is 0 Å². The molecule has 0 saturated heterocycles. The van der Waals surface area contributed by atoms with Gasteiger partial charge in [-0.15, -0.1) is 0 Å². The van der Waals surface area contributed by atoms with Crippen molar-refractivity contribution in [3.05, 3.63) is 47.7 Å². The molecule has 0 aromatic carbocycles. The molecule has 18 heavy (non-hydrogen) atoms. The number of aromatic nitrogens is 2. The topological polar surface area (TPSA) is 47.0 Å². The van der Waals surface area contributed by atoms with Crippen LogP contribution in [0.5, 0.6) is 11.6 Å². The van der Waals surface area contributed by atoms with Crippen LogP contribution in [0, 0.1) is 12.7 Å². The number of nitrogens with zero attached hydrogens (tertiary/aromatic N) is 2. The molecule has 0 radical (unpaired) electrons. The minimum atomic E-state index is -0.379. The number of nitrogens with one attached hydrogen (secondary N) is 1. The third-order valence-electron chi connectivity index (χ3n) is 2.42. The zero-order valence-electron chi connectivity index (χ0n) is 10.3. The number of hydrogen-bond acceptors (Lipinski definition) is 4. The third kappa shape index (κ3) is 2.81. The summed E-state index contributed by atoms with van der Waals surface area (Å²) in [4.78, 5) is 8.09. The zero-order chi connectivity index (χ0) is 13.0. The highest BCUT2D eigenvalue weighted by Crippen LogP contribution is 2.25. The predicted octanol–water partition coefficient (Wildman–Crippen LogP) is 2.44. The molecule has 0 aliphatic carbocycles. The van der Waals surface area contributed by atoms with Crippen LogP contribution in [-0.4, -0.2) is 17.0 Å². The lowest BCUT2D eigenvalue weighted by atomic mass is 10.2. The summed E-state index contributed by atoms with van der Waals surface area (Å²) >= 11 is 0. The molecule has 0 spiro atoms. The minimum absolute atomic E-state index is 0.379. The zero-order valence-corrected chi connectivity index (χ0v) is 10.3. The Balaban J connectivity index is 2.31. The van der Waals surface area contributed by atoms with Crippen LogP contribution in [-0.2, 0) is 6.54 Å². The van der Waals surface area contributed by atoms with Gasteiger partial charge in [0.1, 0.15) is 5.82 Å². The maximum Gasteiger partial charge on any atom is 0.224 e. The molecule has 0 aliphatic heterocycles. The molecule has 0 fully saturated rings. The van der Waals surface area contributed by atoms with Crippen molar-refractivity contribution in [1.82, 2.24) is 15.3 Å². The molecule has 94 valence electrons. The maximum absolute atomic E-state index is 13.1. The number of rotatable bonds is 4. The highest BCUT2D eigenvalue weighted by atomic mass is 19.1. The standard InChI is InChI=1S/C13H14FN3O/c1-9-12(4-3-5-16-9)18-13-10(7-15-2)6-11(14)8-17-13/h3-6,8,15H,7H2,1-2H3. The summed E-state index contributed by atoms with van der Waals surface area (Å²) < 4.78 is 18.8. The van der Waals surface area contributed by atoms with Gasteiger partial charge >= 0.3 is 0 Å². The van der Waals surface area contributed by atoms with Gasteiger partial charge < -0.3 is 10.1 Å². The second-order valence-corrected chi connectivity index (χ2v) is 3.84. The fourth-order valence-corrected chi connectivity index (χ4v) is 1.56. The van der Waals surface area contributed by atoms with E-state index in [9.17, 15) is 4.39 Å². The van der Waals surface area contributed by atoms with E-state index in [2.05, 4.69) is 15.3 Å². The molecule has 1 N–H and O–H groups in total. The summed E-state index contributed by atoms with van der Waals surface area (Å²) in [6.07, 6.45) is 2.83. The van der Waals surface area contributed by atoms with Gasteiger partial charge in [0, 0.05) is 18.3 Å². The molecule has 2 aromatic heterocycles. The smallest absolute Gasteiger partial charge is 0.224 e. The first-order valence-electron chi connectivity index (χ1n) is 5.59. The summed E-state index contributed by atoms with van der Waals surface area (Å²) in [5.74, 6) is 0.631. The van der Waals surface area contributed by atoms with E-state index in [-0.39, 0.29) is 5.82 Å². The van der Waals surface area contributed by atoms with Gasteiger partial charge in [-0.25, -0.2) is 9.37 Å². The van der Waals surface area contributed by atoms with Gasteiger partial charge in [-0.1, -0.05) is 0 Å². The summed E-state index contributed by atoms with van der Waals surface area (Å²) in [6.45, 7) is 2.33. The molecule has 2 heterocycles. The first-order chi connectivity index (χ1) is 8.70. The first-order valence-corrected chi connectivity index (χ1v) is 5.59. The van der Waals surface area contributed by atoms with E-state index in [1.807, 2.05) is 6.92 Å². The molecule has 2 aromatic rings. The van der Waals surface area contributed by atoms with Gasteiger partial charge in [-0.3, -0.25) is 4.98 Å². The molecule has 0 aliphatic rings. The fraction of sp³-hybridized carbons (Fsp3) is 0.231. The molecule has 0 atom stereocenters. The van der Waals surface area contributed by atoms with Gasteiger partial charge in [0.2, 0.25) is 5.88 Å².